The highest BCUT2D eigenvalue weighted by atomic mass is 16.5. The summed E-state index contributed by atoms with van der Waals surface area (Å²) in [5.41, 5.74) is 0.401. The summed E-state index contributed by atoms with van der Waals surface area (Å²) in [6.45, 7) is 16.2. The molecule has 0 aromatic carbocycles. The summed E-state index contributed by atoms with van der Waals surface area (Å²) in [5.74, 6) is 3.26. The molecule has 0 spiro atoms. The van der Waals surface area contributed by atoms with E-state index in [1.54, 1.807) is 13.8 Å². The Labute approximate surface area is 213 Å². The lowest BCUT2D eigenvalue weighted by Crippen LogP contribution is -2.64. The van der Waals surface area contributed by atoms with Crippen LogP contribution in [-0.2, 0) is 19.1 Å². The van der Waals surface area contributed by atoms with E-state index in [0.29, 0.717) is 48.4 Å². The maximum Gasteiger partial charge on any atom is 0.302 e. The van der Waals surface area contributed by atoms with Gasteiger partial charge in [0, 0.05) is 24.7 Å². The van der Waals surface area contributed by atoms with Crippen LogP contribution in [0.2, 0.25) is 0 Å². The topological polar surface area (TPSA) is 60.4 Å². The third-order valence-corrected chi connectivity index (χ3v) is 12.6. The lowest BCUT2D eigenvalue weighted by atomic mass is 9.34. The predicted octanol–water partition coefficient (Wildman–Crippen LogP) is 7.04. The summed E-state index contributed by atoms with van der Waals surface area (Å²) in [5, 5.41) is 0. The minimum Gasteiger partial charge on any atom is -0.465 e. The summed E-state index contributed by atoms with van der Waals surface area (Å²) in [7, 11) is 0. The molecule has 0 radical (unpaired) electrons. The number of hydrogen-bond donors (Lipinski definition) is 0. The van der Waals surface area contributed by atoms with E-state index in [1.807, 2.05) is 0 Å². The molecule has 0 unspecified atom stereocenters. The molecule has 0 amide bonds. The van der Waals surface area contributed by atoms with Gasteiger partial charge in [-0.05, 0) is 111 Å². The SMILES string of the molecule is CC(=O)OC[C@]12CC[C@@H](C(C)C)[C@@H]1[C@H]1CC[C@@H]3[C@@](C)(CCC=O)[C@H](C(C)=O)CC[C@@]3(C)[C@]1(C)CC2. The van der Waals surface area contributed by atoms with Crippen LogP contribution in [-0.4, -0.2) is 24.6 Å². The van der Waals surface area contributed by atoms with Gasteiger partial charge in [0.15, 0.2) is 0 Å². The molecule has 0 bridgehead atoms. The molecule has 0 N–H and O–H groups in total. The molecule has 0 saturated heterocycles. The molecule has 4 aliphatic carbocycles. The number of aldehydes is 1. The van der Waals surface area contributed by atoms with Gasteiger partial charge in [-0.1, -0.05) is 34.6 Å². The Hall–Kier alpha value is -1.19. The van der Waals surface area contributed by atoms with Gasteiger partial charge in [0.25, 0.3) is 0 Å². The molecular formula is C31H50O4. The van der Waals surface area contributed by atoms with Gasteiger partial charge in [0.2, 0.25) is 0 Å². The van der Waals surface area contributed by atoms with E-state index >= 15 is 0 Å². The predicted molar refractivity (Wildman–Crippen MR) is 139 cm³/mol. The zero-order chi connectivity index (χ0) is 25.8. The van der Waals surface area contributed by atoms with Crippen LogP contribution in [0.4, 0.5) is 0 Å². The zero-order valence-corrected chi connectivity index (χ0v) is 23.5. The number of carbonyl (C=O) groups excluding carboxylic acids is 3. The molecule has 0 aromatic heterocycles. The Morgan fingerprint density at radius 3 is 2.26 bits per heavy atom. The van der Waals surface area contributed by atoms with Crippen LogP contribution in [0.3, 0.4) is 0 Å². The third kappa shape index (κ3) is 3.95. The number of ketones is 1. The summed E-state index contributed by atoms with van der Waals surface area (Å²) in [4.78, 5) is 36.1. The fraction of sp³-hybridized carbons (Fsp3) is 0.903. The summed E-state index contributed by atoms with van der Waals surface area (Å²) in [6, 6.07) is 0. The third-order valence-electron chi connectivity index (χ3n) is 12.6. The molecule has 4 heteroatoms. The van der Waals surface area contributed by atoms with Gasteiger partial charge >= 0.3 is 5.97 Å². The van der Waals surface area contributed by atoms with Gasteiger partial charge in [-0.25, -0.2) is 0 Å². The van der Waals surface area contributed by atoms with Crippen LogP contribution in [0, 0.1) is 57.2 Å². The van der Waals surface area contributed by atoms with E-state index in [1.165, 1.54) is 25.7 Å². The van der Waals surface area contributed by atoms with Gasteiger partial charge in [0.1, 0.15) is 12.1 Å². The quantitative estimate of drug-likeness (QED) is 0.286. The fourth-order valence-electron chi connectivity index (χ4n) is 10.8. The highest BCUT2D eigenvalue weighted by Crippen LogP contribution is 2.76. The van der Waals surface area contributed by atoms with E-state index in [4.69, 9.17) is 4.74 Å². The van der Waals surface area contributed by atoms with Crippen molar-refractivity contribution in [1.29, 1.82) is 0 Å². The molecule has 0 heterocycles. The van der Waals surface area contributed by atoms with E-state index in [9.17, 15) is 14.4 Å². The van der Waals surface area contributed by atoms with Gasteiger partial charge in [-0.2, -0.15) is 0 Å². The lowest BCUT2D eigenvalue weighted by molar-refractivity contribution is -0.225. The fourth-order valence-corrected chi connectivity index (χ4v) is 10.8. The number of carbonyl (C=O) groups is 3. The number of fused-ring (bicyclic) bond motifs is 5. The minimum atomic E-state index is -0.149. The first kappa shape index (κ1) is 26.9. The molecule has 4 rings (SSSR count). The van der Waals surface area contributed by atoms with E-state index < -0.39 is 0 Å². The first-order valence-corrected chi connectivity index (χ1v) is 14.4. The first-order valence-electron chi connectivity index (χ1n) is 14.4. The van der Waals surface area contributed by atoms with Crippen LogP contribution >= 0.6 is 0 Å². The van der Waals surface area contributed by atoms with Crippen molar-refractivity contribution in [3.05, 3.63) is 0 Å². The van der Waals surface area contributed by atoms with Crippen molar-refractivity contribution in [2.24, 2.45) is 57.2 Å². The molecule has 4 nitrogen and oxygen atoms in total. The van der Waals surface area contributed by atoms with Crippen molar-refractivity contribution >= 4 is 18.0 Å². The average molecular weight is 487 g/mol. The summed E-state index contributed by atoms with van der Waals surface area (Å²) in [6.07, 6.45) is 11.6. The van der Waals surface area contributed by atoms with Gasteiger partial charge < -0.3 is 9.53 Å². The minimum absolute atomic E-state index is 0.0715. The maximum atomic E-state index is 12.8. The van der Waals surface area contributed by atoms with Crippen molar-refractivity contribution < 1.29 is 19.1 Å². The molecule has 35 heavy (non-hydrogen) atoms. The lowest BCUT2D eigenvalue weighted by Gasteiger charge is -2.70. The zero-order valence-electron chi connectivity index (χ0n) is 23.5. The highest BCUT2D eigenvalue weighted by molar-refractivity contribution is 5.79. The highest BCUT2D eigenvalue weighted by Gasteiger charge is 2.69. The van der Waals surface area contributed by atoms with E-state index in [-0.39, 0.29) is 33.5 Å². The van der Waals surface area contributed by atoms with E-state index in [0.717, 1.165) is 38.4 Å². The smallest absolute Gasteiger partial charge is 0.302 e. The Bertz CT molecular complexity index is 849. The average Bonchev–Trinajstić information content (AvgIpc) is 3.17. The van der Waals surface area contributed by atoms with Gasteiger partial charge in [-0.3, -0.25) is 9.59 Å². The number of rotatable bonds is 7. The Balaban J connectivity index is 1.74. The second kappa shape index (κ2) is 9.28. The number of Topliss-reactive ketones (excluding diaryl/α,β-unsaturated/α-hetero) is 1. The van der Waals surface area contributed by atoms with Crippen LogP contribution < -0.4 is 0 Å². The van der Waals surface area contributed by atoms with Crippen molar-refractivity contribution in [3.63, 3.8) is 0 Å². The standard InChI is InChI=1S/C31H50O4/c1-20(2)23-11-15-31(19-35-22(4)34)17-16-29(6)25(27(23)31)9-10-26-28(5,13-8-18-32)24(21(3)33)12-14-30(26,29)7/h18,20,23-27H,8-17,19H2,1-7H3/t23-,24-,25+,26+,27+,28-,29+,30+,31+/m0/s1. The molecule has 4 fully saturated rings. The molecular weight excluding hydrogens is 436 g/mol. The van der Waals surface area contributed by atoms with Gasteiger partial charge in [-0.15, -0.1) is 0 Å². The molecule has 0 aliphatic heterocycles. The first-order chi connectivity index (χ1) is 16.4. The number of hydrogen-bond acceptors (Lipinski definition) is 4. The van der Waals surface area contributed by atoms with Crippen molar-refractivity contribution in [2.75, 3.05) is 6.61 Å². The second-order valence-electron chi connectivity index (χ2n) is 14.1. The summed E-state index contributed by atoms with van der Waals surface area (Å²) >= 11 is 0. The molecule has 9 atom stereocenters. The Morgan fingerprint density at radius 2 is 1.66 bits per heavy atom. The second-order valence-corrected chi connectivity index (χ2v) is 14.1. The Morgan fingerprint density at radius 1 is 0.943 bits per heavy atom. The summed E-state index contributed by atoms with van der Waals surface area (Å²) < 4.78 is 5.77. The largest absolute Gasteiger partial charge is 0.465 e. The molecule has 198 valence electrons. The van der Waals surface area contributed by atoms with Crippen LogP contribution in [0.1, 0.15) is 113 Å². The van der Waals surface area contributed by atoms with Crippen LogP contribution in [0.25, 0.3) is 0 Å². The number of esters is 1. The molecule has 4 aliphatic rings. The van der Waals surface area contributed by atoms with Crippen molar-refractivity contribution in [3.8, 4) is 0 Å². The maximum absolute atomic E-state index is 12.8. The van der Waals surface area contributed by atoms with E-state index in [2.05, 4.69) is 34.6 Å². The normalized spacial score (nSPS) is 46.9. The Kier molecular flexibility index (Phi) is 7.12. The van der Waals surface area contributed by atoms with Crippen molar-refractivity contribution in [1.82, 2.24) is 0 Å². The van der Waals surface area contributed by atoms with Crippen LogP contribution in [0.5, 0.6) is 0 Å². The van der Waals surface area contributed by atoms with Crippen LogP contribution in [0.15, 0.2) is 0 Å². The van der Waals surface area contributed by atoms with Crippen molar-refractivity contribution in [2.45, 2.75) is 113 Å². The monoisotopic (exact) mass is 486 g/mol. The number of ether oxygens (including phenoxy) is 1. The van der Waals surface area contributed by atoms with Gasteiger partial charge in [0.05, 0.1) is 6.61 Å². The molecule has 4 saturated carbocycles. The molecule has 0 aromatic rings.